The standard InChI is InChI=1S/C14H21N3O2S/c1-11-5-4-6-12(15-11)16-13(18)17-8-7-14(2,3)20(19)10-9-17/h4-6H,7-10H2,1-3H3,(H,15,16,18)/t20-/m1/s1. The summed E-state index contributed by atoms with van der Waals surface area (Å²) < 4.78 is 11.8. The van der Waals surface area contributed by atoms with Gasteiger partial charge in [-0.15, -0.1) is 0 Å². The highest BCUT2D eigenvalue weighted by Crippen LogP contribution is 2.22. The molecule has 110 valence electrons. The zero-order chi connectivity index (χ0) is 14.8. The Labute approximate surface area is 122 Å². The van der Waals surface area contributed by atoms with E-state index in [1.807, 2.05) is 32.9 Å². The number of hydrogen-bond donors (Lipinski definition) is 1. The Hall–Kier alpha value is -1.43. The molecule has 1 atom stereocenters. The number of carbonyl (C=O) groups is 1. The number of anilines is 1. The molecule has 0 unspecified atom stereocenters. The summed E-state index contributed by atoms with van der Waals surface area (Å²) in [6.45, 7) is 7.01. The predicted octanol–water partition coefficient (Wildman–Crippen LogP) is 2.15. The van der Waals surface area contributed by atoms with Gasteiger partial charge >= 0.3 is 6.03 Å². The highest BCUT2D eigenvalue weighted by atomic mass is 32.2. The van der Waals surface area contributed by atoms with Gasteiger partial charge in [0.15, 0.2) is 0 Å². The maximum absolute atomic E-state index is 12.2. The molecule has 1 N–H and O–H groups in total. The van der Waals surface area contributed by atoms with E-state index in [0.717, 1.165) is 12.1 Å². The van der Waals surface area contributed by atoms with Gasteiger partial charge < -0.3 is 4.90 Å². The van der Waals surface area contributed by atoms with Crippen LogP contribution in [0.15, 0.2) is 18.2 Å². The first-order chi connectivity index (χ1) is 9.38. The van der Waals surface area contributed by atoms with Gasteiger partial charge in [0.25, 0.3) is 0 Å². The fraction of sp³-hybridized carbons (Fsp3) is 0.571. The minimum atomic E-state index is -0.893. The molecule has 1 aromatic rings. The average Bonchev–Trinajstić information content (AvgIpc) is 2.50. The lowest BCUT2D eigenvalue weighted by Crippen LogP contribution is -2.37. The molecule has 6 heteroatoms. The van der Waals surface area contributed by atoms with Crippen LogP contribution in [-0.2, 0) is 10.8 Å². The number of rotatable bonds is 1. The molecule has 1 aromatic heterocycles. The van der Waals surface area contributed by atoms with Crippen molar-refractivity contribution in [2.75, 3.05) is 24.2 Å². The summed E-state index contributed by atoms with van der Waals surface area (Å²) in [6.07, 6.45) is 0.744. The van der Waals surface area contributed by atoms with Crippen LogP contribution in [0.25, 0.3) is 0 Å². The van der Waals surface area contributed by atoms with Gasteiger partial charge in [0, 0.05) is 40.1 Å². The third-order valence-electron chi connectivity index (χ3n) is 3.56. The molecule has 1 fully saturated rings. The minimum absolute atomic E-state index is 0.169. The van der Waals surface area contributed by atoms with Crippen molar-refractivity contribution >= 4 is 22.6 Å². The Balaban J connectivity index is 2.01. The Bertz CT molecular complexity index is 531. The maximum Gasteiger partial charge on any atom is 0.323 e. The Morgan fingerprint density at radius 2 is 2.15 bits per heavy atom. The van der Waals surface area contributed by atoms with Crippen molar-refractivity contribution < 1.29 is 9.00 Å². The van der Waals surface area contributed by atoms with Crippen molar-refractivity contribution in [1.82, 2.24) is 9.88 Å². The van der Waals surface area contributed by atoms with Crippen molar-refractivity contribution in [1.29, 1.82) is 0 Å². The summed E-state index contributed by atoms with van der Waals surface area (Å²) in [5.74, 6) is 1.08. The average molecular weight is 295 g/mol. The molecule has 2 heterocycles. The molecule has 0 aliphatic carbocycles. The third kappa shape index (κ3) is 3.56. The van der Waals surface area contributed by atoms with Crippen molar-refractivity contribution in [2.45, 2.75) is 31.9 Å². The number of pyridine rings is 1. The van der Waals surface area contributed by atoms with Crippen LogP contribution in [0.5, 0.6) is 0 Å². The van der Waals surface area contributed by atoms with Gasteiger partial charge in [-0.3, -0.25) is 9.53 Å². The van der Waals surface area contributed by atoms with Crippen LogP contribution in [-0.4, -0.2) is 43.7 Å². The van der Waals surface area contributed by atoms with Crippen LogP contribution < -0.4 is 5.32 Å². The molecule has 1 aliphatic rings. The quantitative estimate of drug-likeness (QED) is 0.863. The molecule has 2 rings (SSSR count). The number of carbonyl (C=O) groups excluding carboxylic acids is 1. The monoisotopic (exact) mass is 295 g/mol. The van der Waals surface area contributed by atoms with E-state index >= 15 is 0 Å². The number of urea groups is 1. The fourth-order valence-corrected chi connectivity index (χ4v) is 3.36. The van der Waals surface area contributed by atoms with E-state index in [2.05, 4.69) is 10.3 Å². The normalized spacial score (nSPS) is 22.1. The van der Waals surface area contributed by atoms with Crippen molar-refractivity contribution in [3.8, 4) is 0 Å². The first kappa shape index (κ1) is 15.0. The van der Waals surface area contributed by atoms with Gasteiger partial charge in [-0.2, -0.15) is 0 Å². The first-order valence-corrected chi connectivity index (χ1v) is 8.08. The van der Waals surface area contributed by atoms with E-state index in [0.29, 0.717) is 24.7 Å². The largest absolute Gasteiger partial charge is 0.324 e. The molecule has 0 radical (unpaired) electrons. The maximum atomic E-state index is 12.2. The molecule has 0 spiro atoms. The van der Waals surface area contributed by atoms with E-state index < -0.39 is 10.8 Å². The lowest BCUT2D eigenvalue weighted by atomic mass is 10.1. The SMILES string of the molecule is Cc1cccc(NC(=O)N2CC[S@@](=O)C(C)(C)CC2)n1. The van der Waals surface area contributed by atoms with Gasteiger partial charge in [-0.1, -0.05) is 6.07 Å². The number of amides is 2. The summed E-state index contributed by atoms with van der Waals surface area (Å²) in [7, 11) is -0.893. The highest BCUT2D eigenvalue weighted by Gasteiger charge is 2.31. The van der Waals surface area contributed by atoms with Crippen LogP contribution in [0.1, 0.15) is 26.0 Å². The van der Waals surface area contributed by atoms with Crippen LogP contribution in [0.4, 0.5) is 10.6 Å². The smallest absolute Gasteiger partial charge is 0.323 e. The van der Waals surface area contributed by atoms with E-state index in [4.69, 9.17) is 0 Å². The van der Waals surface area contributed by atoms with Crippen LogP contribution >= 0.6 is 0 Å². The zero-order valence-corrected chi connectivity index (χ0v) is 13.0. The second-order valence-corrected chi connectivity index (χ2v) is 7.85. The van der Waals surface area contributed by atoms with Gasteiger partial charge in [-0.25, -0.2) is 9.78 Å². The summed E-state index contributed by atoms with van der Waals surface area (Å²) >= 11 is 0. The van der Waals surface area contributed by atoms with Gasteiger partial charge in [0.2, 0.25) is 0 Å². The summed E-state index contributed by atoms with van der Waals surface area (Å²) in [5.41, 5.74) is 0.862. The zero-order valence-electron chi connectivity index (χ0n) is 12.2. The Morgan fingerprint density at radius 1 is 1.40 bits per heavy atom. The fourth-order valence-electron chi connectivity index (χ4n) is 2.10. The van der Waals surface area contributed by atoms with Gasteiger partial charge in [0.1, 0.15) is 5.82 Å². The van der Waals surface area contributed by atoms with Crippen molar-refractivity contribution in [3.05, 3.63) is 23.9 Å². The molecule has 1 saturated heterocycles. The van der Waals surface area contributed by atoms with E-state index in [1.54, 1.807) is 11.0 Å². The van der Waals surface area contributed by atoms with Crippen LogP contribution in [0.2, 0.25) is 0 Å². The lowest BCUT2D eigenvalue weighted by Gasteiger charge is -2.22. The number of nitrogens with zero attached hydrogens (tertiary/aromatic N) is 2. The topological polar surface area (TPSA) is 62.3 Å². The molecule has 20 heavy (non-hydrogen) atoms. The number of nitrogens with one attached hydrogen (secondary N) is 1. The molecule has 5 nitrogen and oxygen atoms in total. The van der Waals surface area contributed by atoms with E-state index in [-0.39, 0.29) is 10.8 Å². The lowest BCUT2D eigenvalue weighted by molar-refractivity contribution is 0.214. The summed E-state index contributed by atoms with van der Waals surface area (Å²) in [5, 5.41) is 2.80. The molecule has 0 aromatic carbocycles. The molecular weight excluding hydrogens is 274 g/mol. The molecular formula is C14H21N3O2S. The number of aromatic nitrogens is 1. The van der Waals surface area contributed by atoms with Gasteiger partial charge in [0.05, 0.1) is 0 Å². The van der Waals surface area contributed by atoms with E-state index in [9.17, 15) is 9.00 Å². The molecule has 2 amide bonds. The van der Waals surface area contributed by atoms with Crippen LogP contribution in [0, 0.1) is 6.92 Å². The van der Waals surface area contributed by atoms with Crippen LogP contribution in [0.3, 0.4) is 0 Å². The third-order valence-corrected chi connectivity index (χ3v) is 5.55. The van der Waals surface area contributed by atoms with E-state index in [1.165, 1.54) is 0 Å². The molecule has 1 aliphatic heterocycles. The van der Waals surface area contributed by atoms with Gasteiger partial charge in [-0.05, 0) is 39.3 Å². The predicted molar refractivity (Wildman–Crippen MR) is 81.3 cm³/mol. The first-order valence-electron chi connectivity index (χ1n) is 6.76. The summed E-state index contributed by atoms with van der Waals surface area (Å²) in [4.78, 5) is 18.2. The number of aryl methyl sites for hydroxylation is 1. The second kappa shape index (κ2) is 5.91. The molecule has 0 bridgehead atoms. The highest BCUT2D eigenvalue weighted by molar-refractivity contribution is 7.86. The minimum Gasteiger partial charge on any atom is -0.324 e. The summed E-state index contributed by atoms with van der Waals surface area (Å²) in [6, 6.07) is 5.34. The Kier molecular flexibility index (Phi) is 4.42. The second-order valence-electron chi connectivity index (χ2n) is 5.64. The van der Waals surface area contributed by atoms with Crippen molar-refractivity contribution in [2.24, 2.45) is 0 Å². The van der Waals surface area contributed by atoms with Crippen molar-refractivity contribution in [3.63, 3.8) is 0 Å². The molecule has 0 saturated carbocycles. The Morgan fingerprint density at radius 3 is 2.85 bits per heavy atom. The number of hydrogen-bond acceptors (Lipinski definition) is 3.